The number of aryl methyl sites for hydroxylation is 4. The molecule has 4 aromatic heterocycles. The van der Waals surface area contributed by atoms with Crippen molar-refractivity contribution in [3.8, 4) is 62.5 Å². The molecule has 0 amide bonds. The number of hydrogen-bond donors (Lipinski definition) is 0. The average Bonchev–Trinajstić information content (AvgIpc) is 3.84. The van der Waals surface area contributed by atoms with Gasteiger partial charge in [-0.3, -0.25) is 0 Å². The average molecular weight is 936 g/mol. The zero-order chi connectivity index (χ0) is 48.8. The Labute approximate surface area is 395 Å². The molecule has 4 heterocycles. The molecule has 0 unspecified atom stereocenters. The predicted octanol–water partition coefficient (Wildman–Crippen LogP) is 14.1. The monoisotopic (exact) mass is 935 g/mol. The minimum Gasteiger partial charge on any atom is -0.309 e. The van der Waals surface area contributed by atoms with Crippen LogP contribution in [0.2, 0.25) is 0 Å². The molecular formula is C55H35F6N9. The first-order valence-corrected chi connectivity index (χ1v) is 22.0. The molecule has 0 bridgehead atoms. The van der Waals surface area contributed by atoms with Crippen LogP contribution in [-0.4, -0.2) is 39.0 Å². The fraction of sp³-hybridized carbons (Fsp3) is 0.109. The van der Waals surface area contributed by atoms with E-state index in [1.807, 2.05) is 109 Å². The van der Waals surface area contributed by atoms with Crippen LogP contribution in [-0.2, 0) is 12.4 Å². The summed E-state index contributed by atoms with van der Waals surface area (Å²) in [7, 11) is 0. The molecule has 342 valence electrons. The molecule has 0 aliphatic heterocycles. The lowest BCUT2D eigenvalue weighted by molar-refractivity contribution is -0.142. The van der Waals surface area contributed by atoms with Crippen molar-refractivity contribution < 1.29 is 26.3 Å². The Morgan fingerprint density at radius 2 is 0.857 bits per heavy atom. The first kappa shape index (κ1) is 43.8. The van der Waals surface area contributed by atoms with Crippen LogP contribution in [0, 0.1) is 39.0 Å². The molecule has 9 nitrogen and oxygen atoms in total. The fourth-order valence-corrected chi connectivity index (χ4v) is 9.57. The number of hydrogen-bond acceptors (Lipinski definition) is 7. The lowest BCUT2D eigenvalue weighted by Gasteiger charge is -2.21. The van der Waals surface area contributed by atoms with Gasteiger partial charge in [0.1, 0.15) is 23.3 Å². The lowest BCUT2D eigenvalue weighted by Crippen LogP contribution is -2.12. The van der Waals surface area contributed by atoms with E-state index in [1.165, 1.54) is 6.07 Å². The molecule has 11 aromatic rings. The molecule has 0 atom stereocenters. The van der Waals surface area contributed by atoms with Crippen LogP contribution in [0.5, 0.6) is 0 Å². The van der Waals surface area contributed by atoms with Gasteiger partial charge in [-0.1, -0.05) is 60.7 Å². The van der Waals surface area contributed by atoms with Crippen molar-refractivity contribution in [3.63, 3.8) is 0 Å². The molecule has 0 aliphatic carbocycles. The van der Waals surface area contributed by atoms with Gasteiger partial charge in [0.25, 0.3) is 0 Å². The molecule has 0 fully saturated rings. The zero-order valence-corrected chi connectivity index (χ0v) is 37.6. The van der Waals surface area contributed by atoms with Crippen LogP contribution < -0.4 is 0 Å². The Kier molecular flexibility index (Phi) is 10.1. The van der Waals surface area contributed by atoms with Crippen LogP contribution in [0.4, 0.5) is 26.3 Å². The fourth-order valence-electron chi connectivity index (χ4n) is 9.57. The summed E-state index contributed by atoms with van der Waals surface area (Å²) in [5, 5.41) is 13.8. The number of nitrogens with zero attached hydrogens (tertiary/aromatic N) is 9. The van der Waals surface area contributed by atoms with Crippen LogP contribution in [0.3, 0.4) is 0 Å². The second-order valence-corrected chi connectivity index (χ2v) is 17.0. The largest absolute Gasteiger partial charge is 0.417 e. The Bertz CT molecular complexity index is 3970. The molecule has 7 aromatic carbocycles. The number of aromatic nitrogens is 8. The van der Waals surface area contributed by atoms with Crippen molar-refractivity contribution in [2.24, 2.45) is 0 Å². The van der Waals surface area contributed by atoms with Gasteiger partial charge in [-0.15, -0.1) is 0 Å². The van der Waals surface area contributed by atoms with E-state index in [0.717, 1.165) is 44.2 Å². The second-order valence-electron chi connectivity index (χ2n) is 17.0. The van der Waals surface area contributed by atoms with Gasteiger partial charge in [-0.05, 0) is 118 Å². The summed E-state index contributed by atoms with van der Waals surface area (Å²) in [6, 6.07) is 41.1. The number of fused-ring (bicyclic) bond motifs is 6. The van der Waals surface area contributed by atoms with Gasteiger partial charge in [0.05, 0.1) is 56.2 Å². The third-order valence-electron chi connectivity index (χ3n) is 12.4. The van der Waals surface area contributed by atoms with E-state index in [1.54, 1.807) is 38.1 Å². The van der Waals surface area contributed by atoms with Crippen molar-refractivity contribution >= 4 is 43.6 Å². The summed E-state index contributed by atoms with van der Waals surface area (Å²) in [4.78, 5) is 27.1. The Morgan fingerprint density at radius 1 is 0.414 bits per heavy atom. The molecule has 11 rings (SSSR count). The Hall–Kier alpha value is -8.77. The van der Waals surface area contributed by atoms with Crippen molar-refractivity contribution in [3.05, 3.63) is 180 Å². The quantitative estimate of drug-likeness (QED) is 0.153. The first-order valence-electron chi connectivity index (χ1n) is 22.0. The van der Waals surface area contributed by atoms with Crippen LogP contribution >= 0.6 is 0 Å². The maximum atomic E-state index is 14.9. The molecule has 0 N–H and O–H groups in total. The van der Waals surface area contributed by atoms with Gasteiger partial charge in [0, 0.05) is 43.8 Å². The molecule has 0 saturated carbocycles. The third-order valence-corrected chi connectivity index (χ3v) is 12.4. The summed E-state index contributed by atoms with van der Waals surface area (Å²) in [5.74, 6) is 3.22. The van der Waals surface area contributed by atoms with E-state index in [4.69, 9.17) is 0 Å². The number of para-hydroxylation sites is 2. The van der Waals surface area contributed by atoms with Crippen LogP contribution in [0.25, 0.3) is 100 Å². The van der Waals surface area contributed by atoms with E-state index in [0.29, 0.717) is 85.7 Å². The van der Waals surface area contributed by atoms with Gasteiger partial charge in [0.15, 0.2) is 11.6 Å². The number of alkyl halides is 6. The van der Waals surface area contributed by atoms with Crippen molar-refractivity contribution in [1.29, 1.82) is 5.26 Å². The van der Waals surface area contributed by atoms with Gasteiger partial charge < -0.3 is 9.13 Å². The van der Waals surface area contributed by atoms with Crippen molar-refractivity contribution in [2.45, 2.75) is 40.0 Å². The van der Waals surface area contributed by atoms with E-state index >= 15 is 0 Å². The van der Waals surface area contributed by atoms with E-state index in [2.05, 4.69) is 40.5 Å². The Balaban J connectivity index is 1.22. The van der Waals surface area contributed by atoms with Crippen LogP contribution in [0.1, 0.15) is 40.0 Å². The normalized spacial score (nSPS) is 12.1. The zero-order valence-electron chi connectivity index (χ0n) is 37.6. The van der Waals surface area contributed by atoms with Gasteiger partial charge in [-0.2, -0.15) is 31.6 Å². The number of benzene rings is 7. The Morgan fingerprint density at radius 3 is 1.34 bits per heavy atom. The van der Waals surface area contributed by atoms with E-state index in [9.17, 15) is 31.6 Å². The molecule has 0 aliphatic rings. The second kappa shape index (κ2) is 16.2. The highest BCUT2D eigenvalue weighted by Gasteiger charge is 2.38. The minimum atomic E-state index is -5.14. The topological polar surface area (TPSA) is 111 Å². The van der Waals surface area contributed by atoms with Gasteiger partial charge >= 0.3 is 12.4 Å². The summed E-state index contributed by atoms with van der Waals surface area (Å²) < 4.78 is 90.7. The highest BCUT2D eigenvalue weighted by molar-refractivity contribution is 6.12. The molecule has 0 spiro atoms. The molecular weight excluding hydrogens is 901 g/mol. The van der Waals surface area contributed by atoms with Crippen LogP contribution in [0.15, 0.2) is 140 Å². The van der Waals surface area contributed by atoms with Crippen molar-refractivity contribution in [2.75, 3.05) is 0 Å². The number of rotatable bonds is 6. The molecule has 0 radical (unpaired) electrons. The highest BCUT2D eigenvalue weighted by atomic mass is 19.4. The lowest BCUT2D eigenvalue weighted by atomic mass is 9.92. The minimum absolute atomic E-state index is 0.0295. The highest BCUT2D eigenvalue weighted by Crippen LogP contribution is 2.46. The standard InChI is InChI=1S/C55H35F6N9/c1-29-63-30(2)66-52(65-29)35-15-21-48-43(24-35)39-9-5-7-11-46(39)69(48)50-23-33(28-62)13-18-41(50)42-19-14-34(38-20-17-37(54(56,57)58)27-45(38)55(59,60)61)26-51(42)70-47-12-8-6-10-40(47)44-25-36(16-22-49(44)70)53-67-31(3)64-32(4)68-53/h5-27H,1-4H3. The van der Waals surface area contributed by atoms with E-state index < -0.39 is 29.0 Å². The summed E-state index contributed by atoms with van der Waals surface area (Å²) in [6.07, 6.45) is -10.2. The third kappa shape index (κ3) is 7.45. The smallest absolute Gasteiger partial charge is 0.309 e. The molecule has 0 saturated heterocycles. The predicted molar refractivity (Wildman–Crippen MR) is 257 cm³/mol. The number of nitriles is 1. The summed E-state index contributed by atoms with van der Waals surface area (Å²) in [6.45, 7) is 7.18. The maximum Gasteiger partial charge on any atom is 0.417 e. The number of halogens is 6. The first-order chi connectivity index (χ1) is 33.5. The molecule has 15 heteroatoms. The SMILES string of the molecule is Cc1nc(C)nc(-c2ccc3c(c2)c2ccccc2n3-c2cc(C#N)ccc2-c2ccc(-c3ccc(C(F)(F)F)cc3C(F)(F)F)cc2-n2c3ccccc3c3cc(-c4nc(C)nc(C)n4)ccc32)n1. The molecule has 70 heavy (non-hydrogen) atoms. The van der Waals surface area contributed by atoms with Crippen molar-refractivity contribution in [1.82, 2.24) is 39.0 Å². The van der Waals surface area contributed by atoms with Gasteiger partial charge in [-0.25, -0.2) is 29.9 Å². The summed E-state index contributed by atoms with van der Waals surface area (Å²) >= 11 is 0. The maximum absolute atomic E-state index is 14.9. The van der Waals surface area contributed by atoms with E-state index in [-0.39, 0.29) is 11.6 Å². The van der Waals surface area contributed by atoms with Gasteiger partial charge in [0.2, 0.25) is 0 Å². The summed E-state index contributed by atoms with van der Waals surface area (Å²) in [5.41, 5.74) is 3.73.